The Morgan fingerprint density at radius 1 is 0.897 bits per heavy atom. The van der Waals surface area contributed by atoms with Gasteiger partial charge in [0.2, 0.25) is 0 Å². The van der Waals surface area contributed by atoms with Crippen molar-refractivity contribution in [3.63, 3.8) is 0 Å². The minimum atomic E-state index is -1.06. The number of ketones is 1. The maximum Gasteiger partial charge on any atom is 0.335 e. The van der Waals surface area contributed by atoms with E-state index in [2.05, 4.69) is 6.92 Å². The normalized spacial score (nSPS) is 16.4. The number of carbonyl (C=O) groups is 3. The Balaban J connectivity index is 1.71. The molecule has 1 saturated heterocycles. The second-order valence-corrected chi connectivity index (χ2v) is 9.29. The Morgan fingerprint density at radius 2 is 1.59 bits per heavy atom. The number of hydrogen-bond acceptors (Lipinski definition) is 6. The van der Waals surface area contributed by atoms with Crippen LogP contribution in [0.5, 0.6) is 11.5 Å². The van der Waals surface area contributed by atoms with Crippen molar-refractivity contribution in [2.45, 2.75) is 38.8 Å². The van der Waals surface area contributed by atoms with Crippen LogP contribution in [0.2, 0.25) is 0 Å². The van der Waals surface area contributed by atoms with Gasteiger partial charge in [0, 0.05) is 12.1 Å². The largest absolute Gasteiger partial charge is 0.507 e. The van der Waals surface area contributed by atoms with E-state index in [1.54, 1.807) is 60.7 Å². The number of methoxy groups -OCH3 is 1. The Kier molecular flexibility index (Phi) is 8.66. The van der Waals surface area contributed by atoms with Gasteiger partial charge in [0.1, 0.15) is 17.3 Å². The molecule has 8 nitrogen and oxygen atoms in total. The first kappa shape index (κ1) is 27.4. The van der Waals surface area contributed by atoms with Crippen LogP contribution in [-0.2, 0) is 16.1 Å². The van der Waals surface area contributed by atoms with Crippen LogP contribution in [-0.4, -0.2) is 46.5 Å². The molecule has 0 bridgehead atoms. The molecule has 1 amide bonds. The number of carboxylic acids is 1. The van der Waals surface area contributed by atoms with Crippen LogP contribution in [0, 0.1) is 0 Å². The lowest BCUT2D eigenvalue weighted by Gasteiger charge is -2.26. The number of hydrogen-bond donors (Lipinski definition) is 2. The van der Waals surface area contributed by atoms with Gasteiger partial charge in [-0.3, -0.25) is 9.59 Å². The average molecular weight is 530 g/mol. The summed E-state index contributed by atoms with van der Waals surface area (Å²) in [6, 6.07) is 19.0. The number of carboxylic acid groups (broad SMARTS) is 1. The minimum Gasteiger partial charge on any atom is -0.507 e. The molecule has 202 valence electrons. The summed E-state index contributed by atoms with van der Waals surface area (Å²) in [5.74, 6) is -1.73. The van der Waals surface area contributed by atoms with Crippen LogP contribution in [0.3, 0.4) is 0 Å². The number of aliphatic hydroxyl groups is 1. The van der Waals surface area contributed by atoms with Gasteiger partial charge >= 0.3 is 5.97 Å². The van der Waals surface area contributed by atoms with Gasteiger partial charge < -0.3 is 24.6 Å². The van der Waals surface area contributed by atoms with Crippen LogP contribution >= 0.6 is 0 Å². The molecule has 4 rings (SSSR count). The average Bonchev–Trinajstić information content (AvgIpc) is 3.20. The first-order chi connectivity index (χ1) is 18.8. The highest BCUT2D eigenvalue weighted by Crippen LogP contribution is 2.41. The van der Waals surface area contributed by atoms with Crippen LogP contribution in [0.15, 0.2) is 78.4 Å². The van der Waals surface area contributed by atoms with E-state index in [4.69, 9.17) is 9.47 Å². The molecule has 2 N–H and O–H groups in total. The van der Waals surface area contributed by atoms with Gasteiger partial charge in [0.25, 0.3) is 11.7 Å². The third-order valence-electron chi connectivity index (χ3n) is 6.65. The molecule has 8 heteroatoms. The molecular weight excluding hydrogens is 498 g/mol. The monoisotopic (exact) mass is 529 g/mol. The molecule has 1 heterocycles. The first-order valence-corrected chi connectivity index (χ1v) is 12.8. The Bertz CT molecular complexity index is 1380. The number of ether oxygens (including phenoxy) is 2. The number of rotatable bonds is 11. The van der Waals surface area contributed by atoms with E-state index in [1.807, 2.05) is 0 Å². The number of carbonyl (C=O) groups excluding carboxylic acids is 2. The molecule has 0 aliphatic carbocycles. The van der Waals surface area contributed by atoms with Crippen molar-refractivity contribution < 1.29 is 34.1 Å². The molecule has 1 aliphatic rings. The van der Waals surface area contributed by atoms with Gasteiger partial charge in [-0.25, -0.2) is 4.79 Å². The highest BCUT2D eigenvalue weighted by Gasteiger charge is 2.46. The summed E-state index contributed by atoms with van der Waals surface area (Å²) in [7, 11) is 1.52. The fourth-order valence-corrected chi connectivity index (χ4v) is 4.56. The lowest BCUT2D eigenvalue weighted by Crippen LogP contribution is -2.29. The zero-order chi connectivity index (χ0) is 27.9. The molecule has 3 aromatic rings. The topological polar surface area (TPSA) is 113 Å². The van der Waals surface area contributed by atoms with E-state index in [0.717, 1.165) is 19.3 Å². The van der Waals surface area contributed by atoms with Crippen molar-refractivity contribution in [3.05, 3.63) is 101 Å². The number of aliphatic hydroxyl groups excluding tert-OH is 1. The maximum absolute atomic E-state index is 13.3. The Hall–Kier alpha value is -4.59. The van der Waals surface area contributed by atoms with Crippen molar-refractivity contribution in [1.82, 2.24) is 4.90 Å². The molecule has 0 spiro atoms. The van der Waals surface area contributed by atoms with Crippen molar-refractivity contribution in [1.29, 1.82) is 0 Å². The quantitative estimate of drug-likeness (QED) is 0.144. The summed E-state index contributed by atoms with van der Waals surface area (Å²) in [5.41, 5.74) is 1.69. The Morgan fingerprint density at radius 3 is 2.23 bits per heavy atom. The number of nitrogens with zero attached hydrogens (tertiary/aromatic N) is 1. The number of amides is 1. The van der Waals surface area contributed by atoms with E-state index in [0.29, 0.717) is 34.8 Å². The van der Waals surface area contributed by atoms with Crippen molar-refractivity contribution in [3.8, 4) is 11.5 Å². The smallest absolute Gasteiger partial charge is 0.335 e. The lowest BCUT2D eigenvalue weighted by atomic mass is 9.95. The molecule has 0 aromatic heterocycles. The first-order valence-electron chi connectivity index (χ1n) is 12.8. The van der Waals surface area contributed by atoms with E-state index in [9.17, 15) is 24.6 Å². The summed E-state index contributed by atoms with van der Waals surface area (Å²) in [5, 5.41) is 20.5. The van der Waals surface area contributed by atoms with Gasteiger partial charge in [-0.2, -0.15) is 0 Å². The van der Waals surface area contributed by atoms with Crippen LogP contribution in [0.25, 0.3) is 5.76 Å². The number of benzene rings is 3. The second kappa shape index (κ2) is 12.3. The SMILES string of the molecule is CCCCCOc1ccc(/C(O)=C2\C(=O)C(=O)N(Cc3ccc(C(=O)O)cc3)C2c2cccc(OC)c2)cc1. The van der Waals surface area contributed by atoms with Crippen LogP contribution in [0.4, 0.5) is 0 Å². The summed E-state index contributed by atoms with van der Waals surface area (Å²) in [4.78, 5) is 39.2. The van der Waals surface area contributed by atoms with E-state index in [1.165, 1.54) is 24.1 Å². The van der Waals surface area contributed by atoms with Crippen molar-refractivity contribution >= 4 is 23.4 Å². The third kappa shape index (κ3) is 6.12. The molecular formula is C31H31NO7. The second-order valence-electron chi connectivity index (χ2n) is 9.29. The highest BCUT2D eigenvalue weighted by molar-refractivity contribution is 6.46. The lowest BCUT2D eigenvalue weighted by molar-refractivity contribution is -0.140. The van der Waals surface area contributed by atoms with Gasteiger partial charge in [0.05, 0.1) is 30.9 Å². The van der Waals surface area contributed by atoms with E-state index >= 15 is 0 Å². The number of likely N-dealkylation sites (tertiary alicyclic amines) is 1. The molecule has 39 heavy (non-hydrogen) atoms. The molecule has 0 radical (unpaired) electrons. The van der Waals surface area contributed by atoms with E-state index in [-0.39, 0.29) is 23.4 Å². The molecule has 1 aliphatic heterocycles. The van der Waals surface area contributed by atoms with Gasteiger partial charge in [-0.1, -0.05) is 44.0 Å². The maximum atomic E-state index is 13.3. The molecule has 1 fully saturated rings. The number of aromatic carboxylic acids is 1. The summed E-state index contributed by atoms with van der Waals surface area (Å²) in [6.45, 7) is 2.75. The van der Waals surface area contributed by atoms with Gasteiger partial charge in [-0.05, 0) is 66.1 Å². The van der Waals surface area contributed by atoms with Crippen LogP contribution < -0.4 is 9.47 Å². The number of unbranched alkanes of at least 4 members (excludes halogenated alkanes) is 2. The third-order valence-corrected chi connectivity index (χ3v) is 6.65. The zero-order valence-corrected chi connectivity index (χ0v) is 21.9. The highest BCUT2D eigenvalue weighted by atomic mass is 16.5. The molecule has 0 saturated carbocycles. The summed E-state index contributed by atoms with van der Waals surface area (Å²) >= 11 is 0. The van der Waals surface area contributed by atoms with Crippen molar-refractivity contribution in [2.75, 3.05) is 13.7 Å². The molecule has 3 aromatic carbocycles. The predicted octanol–water partition coefficient (Wildman–Crippen LogP) is 5.58. The Labute approximate surface area is 227 Å². The standard InChI is InChI=1S/C31H31NO7/c1-3-4-5-17-39-24-15-13-21(14-16-24)28(33)26-27(23-7-6-8-25(18-23)38-2)32(30(35)29(26)34)19-20-9-11-22(12-10-20)31(36)37/h6-16,18,27,33H,3-5,17,19H2,1-2H3,(H,36,37)/b28-26+. The number of Topliss-reactive ketones (excluding diaryl/α,β-unsaturated/α-hetero) is 1. The summed E-state index contributed by atoms with van der Waals surface area (Å²) < 4.78 is 11.1. The zero-order valence-electron chi connectivity index (χ0n) is 21.9. The predicted molar refractivity (Wildman–Crippen MR) is 146 cm³/mol. The van der Waals surface area contributed by atoms with Gasteiger partial charge in [0.15, 0.2) is 0 Å². The molecule has 1 atom stereocenters. The fraction of sp³-hybridized carbons (Fsp3) is 0.258. The van der Waals surface area contributed by atoms with Crippen molar-refractivity contribution in [2.24, 2.45) is 0 Å². The van der Waals surface area contributed by atoms with Gasteiger partial charge in [-0.15, -0.1) is 0 Å². The minimum absolute atomic E-state index is 0.0352. The molecule has 1 unspecified atom stereocenters. The fourth-order valence-electron chi connectivity index (χ4n) is 4.56. The van der Waals surface area contributed by atoms with Crippen LogP contribution in [0.1, 0.15) is 59.3 Å². The van der Waals surface area contributed by atoms with E-state index < -0.39 is 23.7 Å². The summed E-state index contributed by atoms with van der Waals surface area (Å²) in [6.07, 6.45) is 3.11.